The van der Waals surface area contributed by atoms with Crippen LogP contribution in [0.25, 0.3) is 0 Å². The van der Waals surface area contributed by atoms with Gasteiger partial charge in [-0.15, -0.1) is 0 Å². The van der Waals surface area contributed by atoms with Gasteiger partial charge in [0.1, 0.15) is 5.82 Å². The van der Waals surface area contributed by atoms with Crippen LogP contribution in [0.5, 0.6) is 0 Å². The first-order chi connectivity index (χ1) is 12.1. The van der Waals surface area contributed by atoms with Crippen molar-refractivity contribution in [3.8, 4) is 0 Å². The predicted molar refractivity (Wildman–Crippen MR) is 101 cm³/mol. The van der Waals surface area contributed by atoms with Gasteiger partial charge in [-0.1, -0.05) is 59.6 Å². The summed E-state index contributed by atoms with van der Waals surface area (Å²) in [5, 5.41) is 8.32. The zero-order valence-electron chi connectivity index (χ0n) is 13.5. The maximum Gasteiger partial charge on any atom is 0.225 e. The second-order valence-corrected chi connectivity index (χ2v) is 6.49. The molecule has 0 aliphatic rings. The van der Waals surface area contributed by atoms with Crippen molar-refractivity contribution in [1.29, 1.82) is 0 Å². The topological polar surface area (TPSA) is 46.9 Å². The van der Waals surface area contributed by atoms with Gasteiger partial charge in [0.25, 0.3) is 0 Å². The van der Waals surface area contributed by atoms with Gasteiger partial charge in [-0.25, -0.2) is 4.68 Å². The standard InChI is InChI=1S/C19H17Cl2N3O/c20-16-8-7-15(17(21)12-16)13-24-18(10-11-22-24)23-19(25)9-6-14-4-2-1-3-5-14/h1-5,7-8,10-12H,6,9,13H2,(H,23,25). The molecule has 1 amide bonds. The monoisotopic (exact) mass is 373 g/mol. The van der Waals surface area contributed by atoms with Gasteiger partial charge >= 0.3 is 0 Å². The number of anilines is 1. The Balaban J connectivity index is 1.62. The quantitative estimate of drug-likeness (QED) is 0.673. The third-order valence-corrected chi connectivity index (χ3v) is 4.39. The molecule has 2 aromatic carbocycles. The molecule has 6 heteroatoms. The van der Waals surface area contributed by atoms with Gasteiger partial charge in [-0.2, -0.15) is 5.10 Å². The van der Waals surface area contributed by atoms with Crippen LogP contribution in [0.3, 0.4) is 0 Å². The van der Waals surface area contributed by atoms with E-state index in [1.54, 1.807) is 29.1 Å². The van der Waals surface area contributed by atoms with E-state index in [2.05, 4.69) is 10.4 Å². The molecule has 1 N–H and O–H groups in total. The summed E-state index contributed by atoms with van der Waals surface area (Å²) >= 11 is 12.1. The molecule has 0 saturated heterocycles. The molecule has 0 fully saturated rings. The van der Waals surface area contributed by atoms with Crippen molar-refractivity contribution in [3.63, 3.8) is 0 Å². The van der Waals surface area contributed by atoms with Gasteiger partial charge in [0.15, 0.2) is 0 Å². The number of carbonyl (C=O) groups is 1. The number of halogens is 2. The Kier molecular flexibility index (Phi) is 5.74. The number of aryl methyl sites for hydroxylation is 1. The van der Waals surface area contributed by atoms with E-state index in [0.29, 0.717) is 35.2 Å². The third-order valence-electron chi connectivity index (χ3n) is 3.80. The average Bonchev–Trinajstić information content (AvgIpc) is 3.03. The van der Waals surface area contributed by atoms with Gasteiger partial charge in [0, 0.05) is 22.5 Å². The van der Waals surface area contributed by atoms with Crippen molar-refractivity contribution < 1.29 is 4.79 Å². The van der Waals surface area contributed by atoms with Crippen LogP contribution >= 0.6 is 23.2 Å². The van der Waals surface area contributed by atoms with E-state index in [1.807, 2.05) is 36.4 Å². The molecule has 0 unspecified atom stereocenters. The molecule has 25 heavy (non-hydrogen) atoms. The number of hydrogen-bond acceptors (Lipinski definition) is 2. The molecule has 0 aliphatic carbocycles. The highest BCUT2D eigenvalue weighted by Crippen LogP contribution is 2.22. The first-order valence-corrected chi connectivity index (χ1v) is 8.67. The second kappa shape index (κ2) is 8.19. The van der Waals surface area contributed by atoms with E-state index >= 15 is 0 Å². The summed E-state index contributed by atoms with van der Waals surface area (Å²) < 4.78 is 1.70. The summed E-state index contributed by atoms with van der Waals surface area (Å²) in [5.41, 5.74) is 2.02. The van der Waals surface area contributed by atoms with Crippen LogP contribution in [0.1, 0.15) is 17.5 Å². The predicted octanol–water partition coefficient (Wildman–Crippen LogP) is 4.81. The largest absolute Gasteiger partial charge is 0.311 e. The maximum atomic E-state index is 12.2. The van der Waals surface area contributed by atoms with E-state index < -0.39 is 0 Å². The van der Waals surface area contributed by atoms with Crippen molar-refractivity contribution in [2.75, 3.05) is 5.32 Å². The number of carbonyl (C=O) groups excluding carboxylic acids is 1. The average molecular weight is 374 g/mol. The van der Waals surface area contributed by atoms with Crippen LogP contribution in [-0.4, -0.2) is 15.7 Å². The summed E-state index contributed by atoms with van der Waals surface area (Å²) in [5.74, 6) is 0.594. The van der Waals surface area contributed by atoms with Crippen molar-refractivity contribution in [3.05, 3.63) is 82.0 Å². The first-order valence-electron chi connectivity index (χ1n) is 7.91. The Hall–Kier alpha value is -2.30. The Morgan fingerprint density at radius 3 is 2.64 bits per heavy atom. The molecule has 0 bridgehead atoms. The molecule has 4 nitrogen and oxygen atoms in total. The number of nitrogens with zero attached hydrogens (tertiary/aromatic N) is 2. The van der Waals surface area contributed by atoms with E-state index in [1.165, 1.54) is 0 Å². The minimum atomic E-state index is -0.0483. The minimum absolute atomic E-state index is 0.0483. The Morgan fingerprint density at radius 1 is 1.08 bits per heavy atom. The Bertz CT molecular complexity index is 862. The van der Waals surface area contributed by atoms with Gasteiger partial charge in [0.2, 0.25) is 5.91 Å². The van der Waals surface area contributed by atoms with E-state index in [-0.39, 0.29) is 5.91 Å². The lowest BCUT2D eigenvalue weighted by Crippen LogP contribution is -2.16. The fraction of sp³-hybridized carbons (Fsp3) is 0.158. The normalized spacial score (nSPS) is 10.6. The SMILES string of the molecule is O=C(CCc1ccccc1)Nc1ccnn1Cc1ccc(Cl)cc1Cl. The van der Waals surface area contributed by atoms with E-state index in [4.69, 9.17) is 23.2 Å². The van der Waals surface area contributed by atoms with Crippen LogP contribution < -0.4 is 5.32 Å². The zero-order valence-corrected chi connectivity index (χ0v) is 15.0. The lowest BCUT2D eigenvalue weighted by molar-refractivity contribution is -0.116. The number of aromatic nitrogens is 2. The molecule has 1 aromatic heterocycles. The molecule has 0 spiro atoms. The Labute approximate surface area is 156 Å². The zero-order chi connectivity index (χ0) is 17.6. The first kappa shape index (κ1) is 17.5. The number of amides is 1. The van der Waals surface area contributed by atoms with E-state index in [0.717, 1.165) is 11.1 Å². The Morgan fingerprint density at radius 2 is 1.88 bits per heavy atom. The lowest BCUT2D eigenvalue weighted by atomic mass is 10.1. The highest BCUT2D eigenvalue weighted by Gasteiger charge is 2.10. The van der Waals surface area contributed by atoms with Crippen LogP contribution in [0, 0.1) is 0 Å². The molecule has 0 saturated carbocycles. The van der Waals surface area contributed by atoms with E-state index in [9.17, 15) is 4.79 Å². The minimum Gasteiger partial charge on any atom is -0.311 e. The van der Waals surface area contributed by atoms with Crippen molar-refractivity contribution >= 4 is 34.9 Å². The third kappa shape index (κ3) is 4.84. The fourth-order valence-corrected chi connectivity index (χ4v) is 2.95. The second-order valence-electron chi connectivity index (χ2n) is 5.64. The van der Waals surface area contributed by atoms with Crippen molar-refractivity contribution in [2.24, 2.45) is 0 Å². The summed E-state index contributed by atoms with van der Waals surface area (Å²) in [6.07, 6.45) is 2.76. The number of hydrogen-bond donors (Lipinski definition) is 1. The summed E-state index contributed by atoms with van der Waals surface area (Å²) in [6, 6.07) is 17.0. The summed E-state index contributed by atoms with van der Waals surface area (Å²) in [6.45, 7) is 0.456. The molecular weight excluding hydrogens is 357 g/mol. The van der Waals surface area contributed by atoms with Crippen molar-refractivity contribution in [2.45, 2.75) is 19.4 Å². The smallest absolute Gasteiger partial charge is 0.225 e. The van der Waals surface area contributed by atoms with Crippen LogP contribution in [0.4, 0.5) is 5.82 Å². The lowest BCUT2D eigenvalue weighted by Gasteiger charge is -2.10. The van der Waals surface area contributed by atoms with Gasteiger partial charge in [-0.05, 0) is 29.7 Å². The highest BCUT2D eigenvalue weighted by atomic mass is 35.5. The molecule has 3 rings (SSSR count). The maximum absolute atomic E-state index is 12.2. The molecule has 3 aromatic rings. The van der Waals surface area contributed by atoms with Crippen LogP contribution in [0.2, 0.25) is 10.0 Å². The fourth-order valence-electron chi connectivity index (χ4n) is 2.48. The molecule has 0 aliphatic heterocycles. The molecule has 128 valence electrons. The van der Waals surface area contributed by atoms with Gasteiger partial charge in [0.05, 0.1) is 12.7 Å². The number of benzene rings is 2. The number of rotatable bonds is 6. The molecule has 0 atom stereocenters. The number of nitrogens with one attached hydrogen (secondary N) is 1. The highest BCUT2D eigenvalue weighted by molar-refractivity contribution is 6.35. The molecule has 0 radical (unpaired) electrons. The summed E-state index contributed by atoms with van der Waals surface area (Å²) in [7, 11) is 0. The van der Waals surface area contributed by atoms with Gasteiger partial charge < -0.3 is 5.32 Å². The molecule has 1 heterocycles. The van der Waals surface area contributed by atoms with Crippen LogP contribution in [-0.2, 0) is 17.8 Å². The van der Waals surface area contributed by atoms with Gasteiger partial charge in [-0.3, -0.25) is 4.79 Å². The van der Waals surface area contributed by atoms with Crippen molar-refractivity contribution in [1.82, 2.24) is 9.78 Å². The summed E-state index contributed by atoms with van der Waals surface area (Å²) in [4.78, 5) is 12.2. The van der Waals surface area contributed by atoms with Crippen LogP contribution in [0.15, 0.2) is 60.8 Å². The molecular formula is C19H17Cl2N3O.